The molecule has 1 amide bonds. The fraction of sp³-hybridized carbons (Fsp3) is 0.889. The van der Waals surface area contributed by atoms with E-state index in [-0.39, 0.29) is 5.91 Å². The van der Waals surface area contributed by atoms with Crippen LogP contribution in [0.15, 0.2) is 0 Å². The van der Waals surface area contributed by atoms with E-state index in [4.69, 9.17) is 0 Å². The van der Waals surface area contributed by atoms with Crippen molar-refractivity contribution in [3.63, 3.8) is 0 Å². The van der Waals surface area contributed by atoms with Crippen molar-refractivity contribution >= 4 is 33.6 Å². The Bertz CT molecular complexity index is 167. The number of rotatable bonds is 5. The van der Waals surface area contributed by atoms with Crippen molar-refractivity contribution in [3.8, 4) is 0 Å². The summed E-state index contributed by atoms with van der Waals surface area (Å²) in [5.41, 5.74) is 0. The first-order chi connectivity index (χ1) is 5.88. The largest absolute Gasteiger partial charge is 0.355 e. The van der Waals surface area contributed by atoms with Gasteiger partial charge in [0.15, 0.2) is 0 Å². The molecule has 0 saturated carbocycles. The van der Waals surface area contributed by atoms with Gasteiger partial charge in [-0.3, -0.25) is 4.79 Å². The normalized spacial score (nSPS) is 13.9. The molecule has 0 fully saturated rings. The molecule has 0 spiro atoms. The number of alkyl halides is 1. The Balaban J connectivity index is 3.60. The van der Waals surface area contributed by atoms with Gasteiger partial charge in [0.2, 0.25) is 5.91 Å². The molecule has 1 atom stereocenters. The van der Waals surface area contributed by atoms with E-state index in [1.54, 1.807) is 0 Å². The Morgan fingerprint density at radius 3 is 2.54 bits per heavy atom. The highest BCUT2D eigenvalue weighted by Gasteiger charge is 2.22. The SMILES string of the molecule is CSC(C)CCNC(=O)C(C)(C)Br. The van der Waals surface area contributed by atoms with Crippen LogP contribution in [0.4, 0.5) is 0 Å². The lowest BCUT2D eigenvalue weighted by Crippen LogP contribution is -2.38. The molecular weight excluding hydrogens is 250 g/mol. The summed E-state index contributed by atoms with van der Waals surface area (Å²) in [6, 6.07) is 0. The summed E-state index contributed by atoms with van der Waals surface area (Å²) in [7, 11) is 0. The van der Waals surface area contributed by atoms with Gasteiger partial charge in [-0.1, -0.05) is 22.9 Å². The summed E-state index contributed by atoms with van der Waals surface area (Å²) in [4.78, 5) is 11.4. The van der Waals surface area contributed by atoms with Gasteiger partial charge in [-0.25, -0.2) is 0 Å². The summed E-state index contributed by atoms with van der Waals surface area (Å²) in [5.74, 6) is 0.0563. The van der Waals surface area contributed by atoms with Gasteiger partial charge in [-0.05, 0) is 26.5 Å². The highest BCUT2D eigenvalue weighted by Crippen LogP contribution is 2.15. The van der Waals surface area contributed by atoms with Crippen molar-refractivity contribution < 1.29 is 4.79 Å². The molecule has 0 aliphatic carbocycles. The third-order valence-corrected chi connectivity index (χ3v) is 3.18. The summed E-state index contributed by atoms with van der Waals surface area (Å²) in [5, 5.41) is 3.50. The minimum absolute atomic E-state index is 0.0563. The second-order valence-corrected chi connectivity index (χ2v) is 6.82. The summed E-state index contributed by atoms with van der Waals surface area (Å²) >= 11 is 5.13. The van der Waals surface area contributed by atoms with Crippen molar-refractivity contribution in [2.45, 2.75) is 36.8 Å². The first-order valence-electron chi connectivity index (χ1n) is 4.38. The molecule has 0 heterocycles. The second kappa shape index (κ2) is 5.91. The van der Waals surface area contributed by atoms with Crippen LogP contribution in [0.3, 0.4) is 0 Å². The third-order valence-electron chi connectivity index (χ3n) is 1.78. The zero-order valence-corrected chi connectivity index (χ0v) is 11.1. The molecule has 1 N–H and O–H groups in total. The number of halogens is 1. The highest BCUT2D eigenvalue weighted by atomic mass is 79.9. The molecule has 0 aliphatic rings. The topological polar surface area (TPSA) is 29.1 Å². The molecule has 78 valence electrons. The van der Waals surface area contributed by atoms with Crippen LogP contribution in [0.5, 0.6) is 0 Å². The Morgan fingerprint density at radius 1 is 1.62 bits per heavy atom. The van der Waals surface area contributed by atoms with E-state index < -0.39 is 4.32 Å². The molecule has 1 unspecified atom stereocenters. The zero-order valence-electron chi connectivity index (χ0n) is 8.69. The predicted molar refractivity (Wildman–Crippen MR) is 63.6 cm³/mol. The molecule has 0 aromatic carbocycles. The van der Waals surface area contributed by atoms with E-state index in [0.717, 1.165) is 13.0 Å². The quantitative estimate of drug-likeness (QED) is 0.776. The van der Waals surface area contributed by atoms with E-state index in [1.807, 2.05) is 25.6 Å². The first-order valence-corrected chi connectivity index (χ1v) is 6.46. The van der Waals surface area contributed by atoms with Gasteiger partial charge in [-0.15, -0.1) is 0 Å². The summed E-state index contributed by atoms with van der Waals surface area (Å²) < 4.78 is -0.449. The van der Waals surface area contributed by atoms with Crippen LogP contribution in [-0.4, -0.2) is 28.3 Å². The summed E-state index contributed by atoms with van der Waals surface area (Å²) in [6.07, 6.45) is 3.11. The molecular formula is C9H18BrNOS. The van der Waals surface area contributed by atoms with Gasteiger partial charge >= 0.3 is 0 Å². The lowest BCUT2D eigenvalue weighted by Gasteiger charge is -2.16. The fourth-order valence-electron chi connectivity index (χ4n) is 0.717. The minimum atomic E-state index is -0.449. The average molecular weight is 268 g/mol. The molecule has 0 aromatic heterocycles. The van der Waals surface area contributed by atoms with Crippen molar-refractivity contribution in [2.24, 2.45) is 0 Å². The third kappa shape index (κ3) is 6.38. The number of amides is 1. The Kier molecular flexibility index (Phi) is 6.05. The molecule has 0 aliphatic heterocycles. The lowest BCUT2D eigenvalue weighted by molar-refractivity contribution is -0.122. The number of hydrogen-bond acceptors (Lipinski definition) is 2. The van der Waals surface area contributed by atoms with Gasteiger partial charge in [-0.2, -0.15) is 11.8 Å². The molecule has 4 heteroatoms. The van der Waals surface area contributed by atoms with Crippen LogP contribution in [-0.2, 0) is 4.79 Å². The molecule has 0 bridgehead atoms. The monoisotopic (exact) mass is 267 g/mol. The standard InChI is InChI=1S/C9H18BrNOS/c1-7(13-4)5-6-11-8(12)9(2,3)10/h7H,5-6H2,1-4H3,(H,11,12). The molecule has 2 nitrogen and oxygen atoms in total. The first kappa shape index (κ1) is 13.3. The van der Waals surface area contributed by atoms with Crippen molar-refractivity contribution in [1.82, 2.24) is 5.32 Å². The van der Waals surface area contributed by atoms with E-state index >= 15 is 0 Å². The summed E-state index contributed by atoms with van der Waals surface area (Å²) in [6.45, 7) is 6.62. The Hall–Kier alpha value is 0.300. The number of carbonyl (C=O) groups excluding carboxylic acids is 1. The molecule has 0 rings (SSSR count). The van der Waals surface area contributed by atoms with E-state index in [1.165, 1.54) is 0 Å². The van der Waals surface area contributed by atoms with Crippen LogP contribution >= 0.6 is 27.7 Å². The molecule has 13 heavy (non-hydrogen) atoms. The highest BCUT2D eigenvalue weighted by molar-refractivity contribution is 9.10. The minimum Gasteiger partial charge on any atom is -0.355 e. The van der Waals surface area contributed by atoms with Crippen LogP contribution < -0.4 is 5.32 Å². The number of thioether (sulfide) groups is 1. The van der Waals surface area contributed by atoms with Crippen molar-refractivity contribution in [1.29, 1.82) is 0 Å². The molecule has 0 aromatic rings. The average Bonchev–Trinajstić information content (AvgIpc) is 2.02. The smallest absolute Gasteiger partial charge is 0.236 e. The van der Waals surface area contributed by atoms with Gasteiger partial charge in [0, 0.05) is 11.8 Å². The Morgan fingerprint density at radius 2 is 2.15 bits per heavy atom. The number of nitrogens with one attached hydrogen (secondary N) is 1. The Labute approximate surface area is 93.4 Å². The maximum atomic E-state index is 11.4. The van der Waals surface area contributed by atoms with E-state index in [9.17, 15) is 4.79 Å². The van der Waals surface area contributed by atoms with Crippen LogP contribution in [0.1, 0.15) is 27.2 Å². The zero-order chi connectivity index (χ0) is 10.5. The van der Waals surface area contributed by atoms with Gasteiger partial charge in [0.1, 0.15) is 0 Å². The maximum Gasteiger partial charge on any atom is 0.236 e. The van der Waals surface area contributed by atoms with Gasteiger partial charge < -0.3 is 5.32 Å². The molecule has 0 saturated heterocycles. The van der Waals surface area contributed by atoms with E-state index in [2.05, 4.69) is 34.4 Å². The maximum absolute atomic E-state index is 11.4. The van der Waals surface area contributed by atoms with Gasteiger partial charge in [0.25, 0.3) is 0 Å². The van der Waals surface area contributed by atoms with E-state index in [0.29, 0.717) is 5.25 Å². The predicted octanol–water partition coefficient (Wildman–Crippen LogP) is 2.42. The van der Waals surface area contributed by atoms with Crippen LogP contribution in [0, 0.1) is 0 Å². The molecule has 0 radical (unpaired) electrons. The number of hydrogen-bond donors (Lipinski definition) is 1. The van der Waals surface area contributed by atoms with Crippen LogP contribution in [0.25, 0.3) is 0 Å². The number of carbonyl (C=O) groups is 1. The van der Waals surface area contributed by atoms with Crippen LogP contribution in [0.2, 0.25) is 0 Å². The lowest BCUT2D eigenvalue weighted by atomic mass is 10.2. The van der Waals surface area contributed by atoms with Crippen molar-refractivity contribution in [3.05, 3.63) is 0 Å². The fourth-order valence-corrected chi connectivity index (χ4v) is 1.21. The van der Waals surface area contributed by atoms with Gasteiger partial charge in [0.05, 0.1) is 4.32 Å². The second-order valence-electron chi connectivity index (χ2n) is 3.56. The van der Waals surface area contributed by atoms with Crippen molar-refractivity contribution in [2.75, 3.05) is 12.8 Å².